The normalized spacial score (nSPS) is 47.8. The summed E-state index contributed by atoms with van der Waals surface area (Å²) < 4.78 is 38.6. The first-order chi connectivity index (χ1) is 24.0. The average Bonchev–Trinajstić information content (AvgIpc) is 3.08. The molecular weight excluding hydrogens is 700 g/mol. The van der Waals surface area contributed by atoms with Crippen molar-refractivity contribution in [3.05, 3.63) is 0 Å². The molecule has 0 spiro atoms. The van der Waals surface area contributed by atoms with E-state index in [9.17, 15) is 70.9 Å². The predicted molar refractivity (Wildman–Crippen MR) is 157 cm³/mol. The molecule has 2 amide bonds. The van der Waals surface area contributed by atoms with E-state index in [4.69, 9.17) is 33.2 Å². The highest BCUT2D eigenvalue weighted by molar-refractivity contribution is 5.73. The molecule has 0 aliphatic carbocycles. The number of aliphatic hydroxyl groups is 12. The Bertz CT molecular complexity index is 1140. The Hall–Kier alpha value is -1.82. The maximum Gasteiger partial charge on any atom is 0.217 e. The van der Waals surface area contributed by atoms with Crippen molar-refractivity contribution in [2.24, 2.45) is 0 Å². The molecule has 4 saturated heterocycles. The number of nitrogens with one attached hydrogen (secondary N) is 2. The molecule has 0 aromatic rings. The lowest BCUT2D eigenvalue weighted by atomic mass is 9.95. The van der Waals surface area contributed by atoms with Crippen LogP contribution >= 0.6 is 0 Å². The molecule has 23 heteroatoms. The van der Waals surface area contributed by atoms with Crippen molar-refractivity contribution in [3.63, 3.8) is 0 Å². The standard InChI is InChI=1S/C28H48N2O21/c1-7(33)29-13-19(39)24(10(4-32)47-25(13)44)51-28-23(43)21(41)17(37)12(50-28)6-46-27-22(42)20(40)16(36)11(49-27)5-45-26-14(30-8(2)34)18(38)15(35)9(3-31)48-26/h9-28,31-32,35-44H,3-6H2,1-2H3,(H,29,33)(H,30,34)/t9-,10-,11-,12-,13-,14-,15-,16-,17-,18-,19-,20+,21+,22+,23+,24-,25-,26-,27+,28+/m1/s1. The van der Waals surface area contributed by atoms with Gasteiger partial charge in [0.2, 0.25) is 11.8 Å². The van der Waals surface area contributed by atoms with Crippen LogP contribution in [-0.2, 0) is 42.7 Å². The second kappa shape index (κ2) is 18.0. The Morgan fingerprint density at radius 3 is 1.49 bits per heavy atom. The van der Waals surface area contributed by atoms with Gasteiger partial charge < -0.3 is 105 Å². The van der Waals surface area contributed by atoms with Crippen LogP contribution in [0, 0.1) is 0 Å². The van der Waals surface area contributed by atoms with E-state index in [2.05, 4.69) is 10.6 Å². The molecule has 51 heavy (non-hydrogen) atoms. The van der Waals surface area contributed by atoms with Crippen molar-refractivity contribution < 1.29 is 104 Å². The van der Waals surface area contributed by atoms with Gasteiger partial charge in [-0.25, -0.2) is 0 Å². The van der Waals surface area contributed by atoms with Gasteiger partial charge in [0.25, 0.3) is 0 Å². The van der Waals surface area contributed by atoms with Gasteiger partial charge in [0, 0.05) is 13.8 Å². The number of aliphatic hydroxyl groups excluding tert-OH is 12. The van der Waals surface area contributed by atoms with Crippen LogP contribution < -0.4 is 10.6 Å². The Morgan fingerprint density at radius 1 is 0.510 bits per heavy atom. The SMILES string of the molecule is CC(=O)N[C@@H]1[C@@H](O)[C@H](O[C@@H]2O[C@H](CO[C@H]3O[C@H](CO[C@@H]4O[C@H](CO)[C@@H](O)[C@H](O)[C@H]4NC(C)=O)[C@@H](O)[C@H](O)[C@@H]3O)[C@@H](O)[C@H](O)[C@@H]2O)[C@@H](CO)O[C@H]1O. The Balaban J connectivity index is 1.41. The van der Waals surface area contributed by atoms with Crippen LogP contribution in [0.25, 0.3) is 0 Å². The van der Waals surface area contributed by atoms with Gasteiger partial charge in [-0.05, 0) is 0 Å². The van der Waals surface area contributed by atoms with Gasteiger partial charge in [0.15, 0.2) is 25.2 Å². The molecule has 4 fully saturated rings. The van der Waals surface area contributed by atoms with E-state index in [1.54, 1.807) is 0 Å². The Labute approximate surface area is 289 Å². The van der Waals surface area contributed by atoms with Gasteiger partial charge in [-0.3, -0.25) is 9.59 Å². The van der Waals surface area contributed by atoms with Gasteiger partial charge in [0.1, 0.15) is 97.5 Å². The fourth-order valence-electron chi connectivity index (χ4n) is 6.15. The maximum atomic E-state index is 11.7. The summed E-state index contributed by atoms with van der Waals surface area (Å²) in [5, 5.41) is 129. The smallest absolute Gasteiger partial charge is 0.217 e. The maximum absolute atomic E-state index is 11.7. The minimum atomic E-state index is -1.96. The van der Waals surface area contributed by atoms with Crippen molar-refractivity contribution >= 4 is 11.8 Å². The molecule has 0 bridgehead atoms. The van der Waals surface area contributed by atoms with Crippen molar-refractivity contribution in [3.8, 4) is 0 Å². The lowest BCUT2D eigenvalue weighted by Crippen LogP contribution is -2.67. The summed E-state index contributed by atoms with van der Waals surface area (Å²) in [6.07, 6.45) is -30.6. The molecule has 296 valence electrons. The second-order valence-corrected chi connectivity index (χ2v) is 12.7. The molecule has 4 rings (SSSR count). The van der Waals surface area contributed by atoms with E-state index in [0.29, 0.717) is 0 Å². The summed E-state index contributed by atoms with van der Waals surface area (Å²) in [5.41, 5.74) is 0. The zero-order valence-corrected chi connectivity index (χ0v) is 27.4. The highest BCUT2D eigenvalue weighted by atomic mass is 16.8. The number of hydrogen-bond donors (Lipinski definition) is 14. The number of carbonyl (C=O) groups is 2. The van der Waals surface area contributed by atoms with E-state index < -0.39 is 161 Å². The Morgan fingerprint density at radius 2 is 0.961 bits per heavy atom. The van der Waals surface area contributed by atoms with Crippen molar-refractivity contribution in [2.75, 3.05) is 26.4 Å². The molecule has 20 atom stereocenters. The first-order valence-corrected chi connectivity index (χ1v) is 16.1. The van der Waals surface area contributed by atoms with Crippen molar-refractivity contribution in [1.29, 1.82) is 0 Å². The minimum Gasteiger partial charge on any atom is -0.394 e. The van der Waals surface area contributed by atoms with Crippen LogP contribution in [0.4, 0.5) is 0 Å². The molecule has 0 saturated carbocycles. The fraction of sp³-hybridized carbons (Fsp3) is 0.929. The molecule has 4 heterocycles. The number of ether oxygens (including phenoxy) is 7. The summed E-state index contributed by atoms with van der Waals surface area (Å²) in [4.78, 5) is 23.3. The first kappa shape index (κ1) is 41.9. The molecule has 23 nitrogen and oxygen atoms in total. The van der Waals surface area contributed by atoms with Crippen LogP contribution in [0.15, 0.2) is 0 Å². The van der Waals surface area contributed by atoms with E-state index in [1.807, 2.05) is 0 Å². The first-order valence-electron chi connectivity index (χ1n) is 16.1. The predicted octanol–water partition coefficient (Wildman–Crippen LogP) is -9.46. The number of rotatable bonds is 12. The molecule has 4 aliphatic rings. The van der Waals surface area contributed by atoms with Gasteiger partial charge >= 0.3 is 0 Å². The summed E-state index contributed by atoms with van der Waals surface area (Å²) in [5.74, 6) is -1.29. The zero-order valence-electron chi connectivity index (χ0n) is 27.4. The third-order valence-corrected chi connectivity index (χ3v) is 8.97. The quantitative estimate of drug-likeness (QED) is 0.0881. The van der Waals surface area contributed by atoms with Crippen LogP contribution in [0.3, 0.4) is 0 Å². The third-order valence-electron chi connectivity index (χ3n) is 8.97. The van der Waals surface area contributed by atoms with Crippen LogP contribution in [-0.4, -0.2) is 222 Å². The summed E-state index contributed by atoms with van der Waals surface area (Å²) >= 11 is 0. The molecule has 4 aliphatic heterocycles. The van der Waals surface area contributed by atoms with E-state index in [0.717, 1.165) is 13.8 Å². The topological polar surface area (TPSA) is 366 Å². The number of hydrogen-bond acceptors (Lipinski definition) is 21. The fourth-order valence-corrected chi connectivity index (χ4v) is 6.15. The van der Waals surface area contributed by atoms with Crippen LogP contribution in [0.5, 0.6) is 0 Å². The zero-order chi connectivity index (χ0) is 37.9. The second-order valence-electron chi connectivity index (χ2n) is 12.7. The van der Waals surface area contributed by atoms with E-state index in [-0.39, 0.29) is 0 Å². The average molecular weight is 749 g/mol. The lowest BCUT2D eigenvalue weighted by Gasteiger charge is -2.46. The molecule has 0 aromatic heterocycles. The van der Waals surface area contributed by atoms with Crippen LogP contribution in [0.1, 0.15) is 13.8 Å². The van der Waals surface area contributed by atoms with Crippen LogP contribution in [0.2, 0.25) is 0 Å². The van der Waals surface area contributed by atoms with Gasteiger partial charge in [-0.1, -0.05) is 0 Å². The largest absolute Gasteiger partial charge is 0.394 e. The molecule has 0 unspecified atom stereocenters. The van der Waals surface area contributed by atoms with Gasteiger partial charge in [-0.15, -0.1) is 0 Å². The highest BCUT2D eigenvalue weighted by Gasteiger charge is 2.52. The molecule has 0 radical (unpaired) electrons. The summed E-state index contributed by atoms with van der Waals surface area (Å²) in [6, 6.07) is -2.79. The Kier molecular flexibility index (Phi) is 14.8. The highest BCUT2D eigenvalue weighted by Crippen LogP contribution is 2.31. The molecule has 14 N–H and O–H groups in total. The minimum absolute atomic E-state index is 0.631. The van der Waals surface area contributed by atoms with E-state index in [1.165, 1.54) is 0 Å². The van der Waals surface area contributed by atoms with Crippen molar-refractivity contribution in [1.82, 2.24) is 10.6 Å². The number of carbonyl (C=O) groups excluding carboxylic acids is 2. The molecular formula is C28H48N2O21. The van der Waals surface area contributed by atoms with Gasteiger partial charge in [0.05, 0.1) is 26.4 Å². The summed E-state index contributed by atoms with van der Waals surface area (Å²) in [6.45, 7) is -0.696. The van der Waals surface area contributed by atoms with Gasteiger partial charge in [-0.2, -0.15) is 0 Å². The van der Waals surface area contributed by atoms with E-state index >= 15 is 0 Å². The lowest BCUT2D eigenvalue weighted by molar-refractivity contribution is -0.356. The number of amides is 2. The third kappa shape index (κ3) is 9.47. The summed E-state index contributed by atoms with van der Waals surface area (Å²) in [7, 11) is 0. The van der Waals surface area contributed by atoms with Crippen molar-refractivity contribution in [2.45, 2.75) is 137 Å². The molecule has 0 aromatic carbocycles. The monoisotopic (exact) mass is 748 g/mol.